The number of hydrogen-bond donors (Lipinski definition) is 2. The summed E-state index contributed by atoms with van der Waals surface area (Å²) in [7, 11) is -3.88. The van der Waals surface area contributed by atoms with Crippen molar-refractivity contribution in [2.75, 3.05) is 13.2 Å². The highest BCUT2D eigenvalue weighted by Gasteiger charge is 2.16. The zero-order valence-electron chi connectivity index (χ0n) is 9.73. The Bertz CT molecular complexity index is 527. The fraction of sp³-hybridized carbons (Fsp3) is 0.455. The molecule has 1 saturated heterocycles. The predicted molar refractivity (Wildman–Crippen MR) is 64.3 cm³/mol. The van der Waals surface area contributed by atoms with Crippen LogP contribution in [0.15, 0.2) is 23.1 Å². The maximum absolute atomic E-state index is 13.6. The van der Waals surface area contributed by atoms with E-state index in [-0.39, 0.29) is 16.7 Å². The number of benzene rings is 1. The fourth-order valence-electron chi connectivity index (χ4n) is 1.86. The minimum atomic E-state index is -3.88. The molecule has 1 aromatic rings. The molecular formula is C11H15FN2O3S. The average molecular weight is 274 g/mol. The van der Waals surface area contributed by atoms with Crippen LogP contribution in [0.25, 0.3) is 0 Å². The van der Waals surface area contributed by atoms with Crippen LogP contribution in [0.4, 0.5) is 4.39 Å². The maximum Gasteiger partial charge on any atom is 0.238 e. The molecule has 0 saturated carbocycles. The van der Waals surface area contributed by atoms with E-state index in [9.17, 15) is 12.8 Å². The van der Waals surface area contributed by atoms with Gasteiger partial charge in [-0.3, -0.25) is 0 Å². The van der Waals surface area contributed by atoms with Gasteiger partial charge in [-0.05, 0) is 37.6 Å². The SMILES string of the molecule is NS(=O)(=O)c1ccc(OC[C@@H]2CCCN2)c(F)c1. The molecule has 0 unspecified atom stereocenters. The molecule has 1 aliphatic heterocycles. The van der Waals surface area contributed by atoms with Gasteiger partial charge in [-0.15, -0.1) is 0 Å². The van der Waals surface area contributed by atoms with Gasteiger partial charge in [0.25, 0.3) is 0 Å². The van der Waals surface area contributed by atoms with Crippen molar-refractivity contribution in [3.8, 4) is 5.75 Å². The highest BCUT2D eigenvalue weighted by atomic mass is 32.2. The summed E-state index contributed by atoms with van der Waals surface area (Å²) in [6.45, 7) is 1.31. The van der Waals surface area contributed by atoms with Crippen molar-refractivity contribution in [1.82, 2.24) is 5.32 Å². The van der Waals surface area contributed by atoms with Crippen molar-refractivity contribution >= 4 is 10.0 Å². The van der Waals surface area contributed by atoms with Crippen LogP contribution in [0, 0.1) is 5.82 Å². The first-order chi connectivity index (χ1) is 8.47. The van der Waals surface area contributed by atoms with E-state index in [2.05, 4.69) is 5.32 Å². The number of nitrogens with one attached hydrogen (secondary N) is 1. The van der Waals surface area contributed by atoms with E-state index in [0.717, 1.165) is 25.5 Å². The van der Waals surface area contributed by atoms with E-state index < -0.39 is 15.8 Å². The van der Waals surface area contributed by atoms with Crippen LogP contribution >= 0.6 is 0 Å². The zero-order valence-corrected chi connectivity index (χ0v) is 10.5. The summed E-state index contributed by atoms with van der Waals surface area (Å²) in [6, 6.07) is 3.61. The van der Waals surface area contributed by atoms with E-state index >= 15 is 0 Å². The van der Waals surface area contributed by atoms with Crippen molar-refractivity contribution in [3.05, 3.63) is 24.0 Å². The molecule has 0 amide bonds. The van der Waals surface area contributed by atoms with E-state index in [0.29, 0.717) is 6.61 Å². The molecule has 0 spiro atoms. The van der Waals surface area contributed by atoms with Crippen molar-refractivity contribution in [2.24, 2.45) is 5.14 Å². The van der Waals surface area contributed by atoms with E-state index in [1.807, 2.05) is 0 Å². The Morgan fingerprint density at radius 3 is 2.83 bits per heavy atom. The molecule has 18 heavy (non-hydrogen) atoms. The highest BCUT2D eigenvalue weighted by Crippen LogP contribution is 2.21. The Morgan fingerprint density at radius 1 is 1.50 bits per heavy atom. The lowest BCUT2D eigenvalue weighted by Gasteiger charge is -2.12. The third-order valence-corrected chi connectivity index (χ3v) is 3.75. The van der Waals surface area contributed by atoms with Gasteiger partial charge in [0.2, 0.25) is 10.0 Å². The molecule has 1 aliphatic rings. The third kappa shape index (κ3) is 3.18. The van der Waals surface area contributed by atoms with E-state index in [1.165, 1.54) is 12.1 Å². The molecule has 1 heterocycles. The molecule has 3 N–H and O–H groups in total. The number of primary sulfonamides is 1. The molecule has 0 bridgehead atoms. The summed E-state index contributed by atoms with van der Waals surface area (Å²) in [4.78, 5) is -0.258. The number of sulfonamides is 1. The first-order valence-corrected chi connectivity index (χ1v) is 7.20. The summed E-state index contributed by atoms with van der Waals surface area (Å²) < 4.78 is 41.0. The molecule has 0 aliphatic carbocycles. The van der Waals surface area contributed by atoms with Crippen molar-refractivity contribution in [2.45, 2.75) is 23.8 Å². The second-order valence-electron chi connectivity index (χ2n) is 4.24. The van der Waals surface area contributed by atoms with Gasteiger partial charge in [-0.2, -0.15) is 0 Å². The van der Waals surface area contributed by atoms with Gasteiger partial charge in [0.1, 0.15) is 6.61 Å². The third-order valence-electron chi connectivity index (χ3n) is 2.83. The lowest BCUT2D eigenvalue weighted by atomic mass is 10.2. The minimum absolute atomic E-state index is 0.0381. The predicted octanol–water partition coefficient (Wildman–Crippen LogP) is 0.604. The van der Waals surface area contributed by atoms with Gasteiger partial charge < -0.3 is 10.1 Å². The molecule has 100 valence electrons. The van der Waals surface area contributed by atoms with Crippen LogP contribution in [0.3, 0.4) is 0 Å². The van der Waals surface area contributed by atoms with E-state index in [1.54, 1.807) is 0 Å². The molecule has 0 aromatic heterocycles. The van der Waals surface area contributed by atoms with Gasteiger partial charge >= 0.3 is 0 Å². The molecular weight excluding hydrogens is 259 g/mol. The average Bonchev–Trinajstić information content (AvgIpc) is 2.79. The summed E-state index contributed by atoms with van der Waals surface area (Å²) in [5, 5.41) is 8.12. The molecule has 2 rings (SSSR count). The quantitative estimate of drug-likeness (QED) is 0.842. The van der Waals surface area contributed by atoms with Gasteiger partial charge in [0, 0.05) is 6.04 Å². The largest absolute Gasteiger partial charge is 0.489 e. The topological polar surface area (TPSA) is 81.4 Å². The normalized spacial score (nSPS) is 20.0. The van der Waals surface area contributed by atoms with Crippen LogP contribution in [0.1, 0.15) is 12.8 Å². The maximum atomic E-state index is 13.6. The van der Waals surface area contributed by atoms with Gasteiger partial charge in [-0.25, -0.2) is 17.9 Å². The number of rotatable bonds is 4. The Labute approximate surface area is 105 Å². The molecule has 1 fully saturated rings. The van der Waals surface area contributed by atoms with Crippen LogP contribution in [-0.4, -0.2) is 27.6 Å². The van der Waals surface area contributed by atoms with Crippen LogP contribution in [0.2, 0.25) is 0 Å². The summed E-state index contributed by atoms with van der Waals surface area (Å²) in [5.41, 5.74) is 0. The minimum Gasteiger partial charge on any atom is -0.489 e. The highest BCUT2D eigenvalue weighted by molar-refractivity contribution is 7.89. The van der Waals surface area contributed by atoms with Crippen LogP contribution in [-0.2, 0) is 10.0 Å². The Balaban J connectivity index is 2.05. The standard InChI is InChI=1S/C11H15FN2O3S/c12-10-6-9(18(13,15)16)3-4-11(10)17-7-8-2-1-5-14-8/h3-4,6,8,14H,1-2,5,7H2,(H2,13,15,16)/t8-/m0/s1. The summed E-state index contributed by atoms with van der Waals surface area (Å²) in [6.07, 6.45) is 2.08. The second kappa shape index (κ2) is 5.21. The number of ether oxygens (including phenoxy) is 1. The first-order valence-electron chi connectivity index (χ1n) is 5.65. The van der Waals surface area contributed by atoms with Crippen molar-refractivity contribution in [3.63, 3.8) is 0 Å². The lowest BCUT2D eigenvalue weighted by molar-refractivity contribution is 0.265. The summed E-state index contributed by atoms with van der Waals surface area (Å²) >= 11 is 0. The monoisotopic (exact) mass is 274 g/mol. The Hall–Kier alpha value is -1.18. The number of nitrogens with two attached hydrogens (primary N) is 1. The molecule has 5 nitrogen and oxygen atoms in total. The Kier molecular flexibility index (Phi) is 3.84. The van der Waals surface area contributed by atoms with Crippen molar-refractivity contribution in [1.29, 1.82) is 0 Å². The summed E-state index contributed by atoms with van der Waals surface area (Å²) in [5.74, 6) is -0.685. The Morgan fingerprint density at radius 2 is 2.28 bits per heavy atom. The fourth-order valence-corrected chi connectivity index (χ4v) is 2.39. The van der Waals surface area contributed by atoms with Crippen LogP contribution in [0.5, 0.6) is 5.75 Å². The molecule has 1 atom stereocenters. The lowest BCUT2D eigenvalue weighted by Crippen LogP contribution is -2.28. The second-order valence-corrected chi connectivity index (χ2v) is 5.80. The van der Waals surface area contributed by atoms with Gasteiger partial charge in [-0.1, -0.05) is 0 Å². The van der Waals surface area contributed by atoms with Crippen molar-refractivity contribution < 1.29 is 17.5 Å². The zero-order chi connectivity index (χ0) is 13.2. The molecule has 1 aromatic carbocycles. The number of hydrogen-bond acceptors (Lipinski definition) is 4. The molecule has 7 heteroatoms. The van der Waals surface area contributed by atoms with Gasteiger partial charge in [0.15, 0.2) is 11.6 Å². The smallest absolute Gasteiger partial charge is 0.238 e. The first kappa shape index (κ1) is 13.3. The number of halogens is 1. The van der Waals surface area contributed by atoms with Crippen LogP contribution < -0.4 is 15.2 Å². The van der Waals surface area contributed by atoms with Gasteiger partial charge in [0.05, 0.1) is 4.90 Å². The van der Waals surface area contributed by atoms with E-state index in [4.69, 9.17) is 9.88 Å². The molecule has 0 radical (unpaired) electrons.